The van der Waals surface area contributed by atoms with Gasteiger partial charge in [-0.3, -0.25) is 4.79 Å². The van der Waals surface area contributed by atoms with Gasteiger partial charge in [-0.05, 0) is 37.6 Å². The van der Waals surface area contributed by atoms with Crippen LogP contribution < -0.4 is 10.1 Å². The van der Waals surface area contributed by atoms with Gasteiger partial charge in [0.15, 0.2) is 0 Å². The van der Waals surface area contributed by atoms with Crippen LogP contribution in [0, 0.1) is 13.8 Å². The first-order valence-corrected chi connectivity index (χ1v) is 9.02. The summed E-state index contributed by atoms with van der Waals surface area (Å²) >= 11 is 1.19. The summed E-state index contributed by atoms with van der Waals surface area (Å²) in [6, 6.07) is 13.3. The van der Waals surface area contributed by atoms with E-state index in [9.17, 15) is 4.79 Å². The number of aromatic nitrogens is 2. The van der Waals surface area contributed by atoms with Crippen LogP contribution in [0.4, 0.5) is 5.69 Å². The van der Waals surface area contributed by atoms with Crippen molar-refractivity contribution in [2.45, 2.75) is 19.1 Å². The quantitative estimate of drug-likeness (QED) is 0.660. The molecule has 0 aliphatic rings. The van der Waals surface area contributed by atoms with Gasteiger partial charge in [-0.2, -0.15) is 0 Å². The van der Waals surface area contributed by atoms with Crippen LogP contribution in [0.15, 0.2) is 52.1 Å². The number of amides is 1. The number of carbonyl (C=O) groups is 1. The molecule has 3 aromatic rings. The topological polar surface area (TPSA) is 77.2 Å². The van der Waals surface area contributed by atoms with E-state index in [1.165, 1.54) is 11.8 Å². The van der Waals surface area contributed by atoms with E-state index >= 15 is 0 Å². The molecule has 0 saturated carbocycles. The number of rotatable bonds is 6. The molecule has 7 heteroatoms. The van der Waals surface area contributed by atoms with Gasteiger partial charge in [0, 0.05) is 5.69 Å². The zero-order valence-electron chi connectivity index (χ0n) is 14.8. The van der Waals surface area contributed by atoms with Gasteiger partial charge in [0.05, 0.1) is 18.4 Å². The highest BCUT2D eigenvalue weighted by molar-refractivity contribution is 7.99. The summed E-state index contributed by atoms with van der Waals surface area (Å²) in [5.74, 6) is 1.07. The van der Waals surface area contributed by atoms with Crippen molar-refractivity contribution in [1.82, 2.24) is 10.2 Å². The monoisotopic (exact) mass is 369 g/mol. The van der Waals surface area contributed by atoms with Crippen LogP contribution >= 0.6 is 11.8 Å². The van der Waals surface area contributed by atoms with Gasteiger partial charge in [-0.15, -0.1) is 10.2 Å². The van der Waals surface area contributed by atoms with E-state index in [-0.39, 0.29) is 11.7 Å². The molecule has 2 aromatic carbocycles. The molecule has 0 atom stereocenters. The Morgan fingerprint density at radius 1 is 1.19 bits per heavy atom. The van der Waals surface area contributed by atoms with E-state index < -0.39 is 0 Å². The van der Waals surface area contributed by atoms with Gasteiger partial charge >= 0.3 is 0 Å². The van der Waals surface area contributed by atoms with Crippen LogP contribution in [-0.4, -0.2) is 29.0 Å². The van der Waals surface area contributed by atoms with Crippen molar-refractivity contribution in [1.29, 1.82) is 0 Å². The maximum absolute atomic E-state index is 12.2. The number of benzene rings is 2. The maximum atomic E-state index is 12.2. The zero-order chi connectivity index (χ0) is 18.5. The van der Waals surface area contributed by atoms with Crippen molar-refractivity contribution in [3.05, 3.63) is 53.6 Å². The number of hydrogen-bond acceptors (Lipinski definition) is 6. The fourth-order valence-corrected chi connectivity index (χ4v) is 3.03. The average Bonchev–Trinajstić information content (AvgIpc) is 3.11. The Hall–Kier alpha value is -2.80. The summed E-state index contributed by atoms with van der Waals surface area (Å²) in [7, 11) is 1.59. The smallest absolute Gasteiger partial charge is 0.277 e. The molecule has 1 N–H and O–H groups in total. The first-order valence-electron chi connectivity index (χ1n) is 8.03. The molecular weight excluding hydrogens is 350 g/mol. The van der Waals surface area contributed by atoms with Crippen LogP contribution in [0.2, 0.25) is 0 Å². The largest absolute Gasteiger partial charge is 0.496 e. The standard InChI is InChI=1S/C19H19N3O3S/c1-12-8-9-15(13(2)10-12)20-17(23)11-26-19-22-21-18(25-19)14-6-4-5-7-16(14)24-3/h4-10H,11H2,1-3H3,(H,20,23). The third-order valence-corrected chi connectivity index (χ3v) is 4.55. The highest BCUT2D eigenvalue weighted by atomic mass is 32.2. The number of ether oxygens (including phenoxy) is 1. The van der Waals surface area contributed by atoms with E-state index in [0.29, 0.717) is 22.4 Å². The predicted molar refractivity (Wildman–Crippen MR) is 102 cm³/mol. The first kappa shape index (κ1) is 18.0. The van der Waals surface area contributed by atoms with E-state index in [2.05, 4.69) is 15.5 Å². The van der Waals surface area contributed by atoms with Crippen LogP contribution in [0.5, 0.6) is 5.75 Å². The molecule has 6 nitrogen and oxygen atoms in total. The van der Waals surface area contributed by atoms with Gasteiger partial charge in [0.2, 0.25) is 5.91 Å². The molecule has 1 heterocycles. The number of hydrogen-bond donors (Lipinski definition) is 1. The third kappa shape index (κ3) is 4.23. The van der Waals surface area contributed by atoms with Crippen LogP contribution in [0.1, 0.15) is 11.1 Å². The van der Waals surface area contributed by atoms with E-state index in [0.717, 1.165) is 16.8 Å². The fraction of sp³-hybridized carbons (Fsp3) is 0.211. The highest BCUT2D eigenvalue weighted by Crippen LogP contribution is 2.30. The number of aryl methyl sites for hydroxylation is 2. The number of para-hydroxylation sites is 1. The van der Waals surface area contributed by atoms with Gasteiger partial charge in [0.1, 0.15) is 5.75 Å². The lowest BCUT2D eigenvalue weighted by atomic mass is 10.1. The van der Waals surface area contributed by atoms with Crippen molar-refractivity contribution >= 4 is 23.4 Å². The molecule has 3 rings (SSSR count). The molecule has 26 heavy (non-hydrogen) atoms. The third-order valence-electron chi connectivity index (χ3n) is 3.73. The van der Waals surface area contributed by atoms with Crippen molar-refractivity contribution in [2.75, 3.05) is 18.2 Å². The molecular formula is C19H19N3O3S. The summed E-state index contributed by atoms with van der Waals surface area (Å²) in [6.07, 6.45) is 0. The van der Waals surface area contributed by atoms with E-state index in [1.807, 2.05) is 56.3 Å². The number of thioether (sulfide) groups is 1. The summed E-state index contributed by atoms with van der Waals surface area (Å²) in [4.78, 5) is 12.2. The number of nitrogens with zero attached hydrogens (tertiary/aromatic N) is 2. The summed E-state index contributed by atoms with van der Waals surface area (Å²) < 4.78 is 10.9. The Morgan fingerprint density at radius 2 is 2.00 bits per heavy atom. The Balaban J connectivity index is 1.62. The number of anilines is 1. The van der Waals surface area contributed by atoms with Crippen LogP contribution in [0.25, 0.3) is 11.5 Å². The molecule has 134 valence electrons. The molecule has 0 saturated heterocycles. The molecule has 1 amide bonds. The second-order valence-electron chi connectivity index (χ2n) is 5.73. The van der Waals surface area contributed by atoms with Gasteiger partial charge in [-0.25, -0.2) is 0 Å². The average molecular weight is 369 g/mol. The minimum absolute atomic E-state index is 0.126. The van der Waals surface area contributed by atoms with Crippen molar-refractivity contribution in [2.24, 2.45) is 0 Å². The molecule has 0 unspecified atom stereocenters. The van der Waals surface area contributed by atoms with E-state index in [1.54, 1.807) is 7.11 Å². The zero-order valence-corrected chi connectivity index (χ0v) is 15.6. The number of nitrogens with one attached hydrogen (secondary N) is 1. The molecule has 0 aliphatic heterocycles. The van der Waals surface area contributed by atoms with Crippen molar-refractivity contribution < 1.29 is 13.9 Å². The highest BCUT2D eigenvalue weighted by Gasteiger charge is 2.14. The molecule has 0 spiro atoms. The lowest BCUT2D eigenvalue weighted by Crippen LogP contribution is -2.14. The molecule has 0 aliphatic carbocycles. The molecule has 1 aromatic heterocycles. The summed E-state index contributed by atoms with van der Waals surface area (Å²) in [5.41, 5.74) is 3.71. The fourth-order valence-electron chi connectivity index (χ4n) is 2.47. The Morgan fingerprint density at radius 3 is 2.77 bits per heavy atom. The Bertz CT molecular complexity index is 924. The maximum Gasteiger partial charge on any atom is 0.277 e. The Labute approximate surface area is 156 Å². The predicted octanol–water partition coefficient (Wildman–Crippen LogP) is 4.09. The molecule has 0 radical (unpaired) electrons. The SMILES string of the molecule is COc1ccccc1-c1nnc(SCC(=O)Nc2ccc(C)cc2C)o1. The lowest BCUT2D eigenvalue weighted by Gasteiger charge is -2.08. The minimum atomic E-state index is -0.126. The van der Waals surface area contributed by atoms with Crippen LogP contribution in [0.3, 0.4) is 0 Å². The Kier molecular flexibility index (Phi) is 5.58. The summed E-state index contributed by atoms with van der Waals surface area (Å²) in [5, 5.41) is 11.2. The van der Waals surface area contributed by atoms with Crippen LogP contribution in [-0.2, 0) is 4.79 Å². The van der Waals surface area contributed by atoms with Gasteiger partial charge in [0.25, 0.3) is 11.1 Å². The summed E-state index contributed by atoms with van der Waals surface area (Å²) in [6.45, 7) is 3.98. The normalized spacial score (nSPS) is 10.6. The lowest BCUT2D eigenvalue weighted by molar-refractivity contribution is -0.113. The minimum Gasteiger partial charge on any atom is -0.496 e. The molecule has 0 fully saturated rings. The molecule has 0 bridgehead atoms. The number of methoxy groups -OCH3 is 1. The van der Waals surface area contributed by atoms with Crippen molar-refractivity contribution in [3.63, 3.8) is 0 Å². The number of carbonyl (C=O) groups excluding carboxylic acids is 1. The second-order valence-corrected chi connectivity index (χ2v) is 6.66. The van der Waals surface area contributed by atoms with E-state index in [4.69, 9.17) is 9.15 Å². The first-order chi connectivity index (χ1) is 12.6. The van der Waals surface area contributed by atoms with Gasteiger partial charge in [-0.1, -0.05) is 41.6 Å². The van der Waals surface area contributed by atoms with Gasteiger partial charge < -0.3 is 14.5 Å². The second kappa shape index (κ2) is 8.05. The van der Waals surface area contributed by atoms with Crippen molar-refractivity contribution in [3.8, 4) is 17.2 Å².